The second kappa shape index (κ2) is 6.00. The third-order valence-corrected chi connectivity index (χ3v) is 5.40. The van der Waals surface area contributed by atoms with E-state index in [9.17, 15) is 4.79 Å². The standard InChI is InChI=1S/C20H14N4OS/c25-18(15-11-21-16-7-3-2-6-14(15)16)12-26-20-23-22-19-10-9-13-5-1-4-8-17(13)24(19)20/h1-11,21H,12H2. The maximum absolute atomic E-state index is 12.7. The Hall–Kier alpha value is -3.12. The van der Waals surface area contributed by atoms with Crippen LogP contribution in [0.2, 0.25) is 0 Å². The van der Waals surface area contributed by atoms with Crippen LogP contribution in [0.25, 0.3) is 27.5 Å². The number of nitrogens with zero attached hydrogens (tertiary/aromatic N) is 3. The molecule has 126 valence electrons. The van der Waals surface area contributed by atoms with Crippen molar-refractivity contribution in [3.05, 3.63) is 72.4 Å². The smallest absolute Gasteiger partial charge is 0.196 e. The number of aromatic nitrogens is 4. The molecule has 26 heavy (non-hydrogen) atoms. The van der Waals surface area contributed by atoms with Crippen LogP contribution in [0.5, 0.6) is 0 Å². The maximum atomic E-state index is 12.7. The van der Waals surface area contributed by atoms with Crippen molar-refractivity contribution in [3.8, 4) is 0 Å². The number of aromatic amines is 1. The number of para-hydroxylation sites is 2. The molecule has 0 bridgehead atoms. The molecule has 0 aliphatic heterocycles. The lowest BCUT2D eigenvalue weighted by atomic mass is 10.1. The van der Waals surface area contributed by atoms with Crippen LogP contribution in [0.1, 0.15) is 10.4 Å². The van der Waals surface area contributed by atoms with Crippen molar-refractivity contribution in [2.75, 3.05) is 5.75 Å². The Balaban J connectivity index is 1.48. The highest BCUT2D eigenvalue weighted by atomic mass is 32.2. The SMILES string of the molecule is O=C(CSc1nnc2ccc3ccccc3n12)c1c[nH]c2ccccc12. The summed E-state index contributed by atoms with van der Waals surface area (Å²) in [5.74, 6) is 0.385. The minimum absolute atomic E-state index is 0.0736. The summed E-state index contributed by atoms with van der Waals surface area (Å²) in [7, 11) is 0. The molecule has 2 aromatic carbocycles. The van der Waals surface area contributed by atoms with Crippen molar-refractivity contribution >= 4 is 45.0 Å². The van der Waals surface area contributed by atoms with Gasteiger partial charge in [-0.3, -0.25) is 9.20 Å². The molecule has 0 unspecified atom stereocenters. The largest absolute Gasteiger partial charge is 0.360 e. The predicted molar refractivity (Wildman–Crippen MR) is 104 cm³/mol. The molecule has 0 saturated heterocycles. The van der Waals surface area contributed by atoms with E-state index in [4.69, 9.17) is 0 Å². The zero-order valence-corrected chi connectivity index (χ0v) is 14.5. The van der Waals surface area contributed by atoms with E-state index < -0.39 is 0 Å². The van der Waals surface area contributed by atoms with Crippen LogP contribution in [-0.2, 0) is 0 Å². The number of hydrogen-bond donors (Lipinski definition) is 1. The van der Waals surface area contributed by atoms with Gasteiger partial charge in [-0.2, -0.15) is 0 Å². The molecular formula is C20H14N4OS. The fourth-order valence-corrected chi connectivity index (χ4v) is 4.05. The number of rotatable bonds is 4. The summed E-state index contributed by atoms with van der Waals surface area (Å²) in [6.45, 7) is 0. The third kappa shape index (κ3) is 2.38. The van der Waals surface area contributed by atoms with Gasteiger partial charge in [0.25, 0.3) is 0 Å². The highest BCUT2D eigenvalue weighted by Crippen LogP contribution is 2.25. The first kappa shape index (κ1) is 15.2. The Kier molecular flexibility index (Phi) is 3.50. The van der Waals surface area contributed by atoms with Gasteiger partial charge in [-0.1, -0.05) is 48.2 Å². The first-order valence-corrected chi connectivity index (χ1v) is 9.25. The molecule has 3 aromatic heterocycles. The summed E-state index contributed by atoms with van der Waals surface area (Å²) in [6, 6.07) is 19.9. The van der Waals surface area contributed by atoms with Gasteiger partial charge in [-0.15, -0.1) is 10.2 Å². The zero-order chi connectivity index (χ0) is 17.5. The lowest BCUT2D eigenvalue weighted by Gasteiger charge is -2.04. The molecular weight excluding hydrogens is 344 g/mol. The second-order valence-corrected chi connectivity index (χ2v) is 6.97. The van der Waals surface area contributed by atoms with Crippen molar-refractivity contribution in [3.63, 3.8) is 0 Å². The van der Waals surface area contributed by atoms with E-state index in [2.05, 4.69) is 21.2 Å². The molecule has 6 heteroatoms. The van der Waals surface area contributed by atoms with Crippen LogP contribution in [0, 0.1) is 0 Å². The summed E-state index contributed by atoms with van der Waals surface area (Å²) in [5.41, 5.74) is 3.51. The van der Waals surface area contributed by atoms with Crippen LogP contribution < -0.4 is 0 Å². The molecule has 1 N–H and O–H groups in total. The van der Waals surface area contributed by atoms with Crippen LogP contribution in [0.15, 0.2) is 72.0 Å². The van der Waals surface area contributed by atoms with Crippen molar-refractivity contribution < 1.29 is 4.79 Å². The highest BCUT2D eigenvalue weighted by molar-refractivity contribution is 7.99. The van der Waals surface area contributed by atoms with Gasteiger partial charge in [0.15, 0.2) is 16.6 Å². The Morgan fingerprint density at radius 3 is 2.81 bits per heavy atom. The van der Waals surface area contributed by atoms with E-state index in [-0.39, 0.29) is 5.78 Å². The van der Waals surface area contributed by atoms with Gasteiger partial charge in [-0.25, -0.2) is 0 Å². The van der Waals surface area contributed by atoms with E-state index in [1.165, 1.54) is 11.8 Å². The molecule has 0 atom stereocenters. The number of fused-ring (bicyclic) bond motifs is 4. The number of carbonyl (C=O) groups excluding carboxylic acids is 1. The van der Waals surface area contributed by atoms with Crippen LogP contribution >= 0.6 is 11.8 Å². The van der Waals surface area contributed by atoms with E-state index in [0.717, 1.165) is 32.6 Å². The van der Waals surface area contributed by atoms with Gasteiger partial charge >= 0.3 is 0 Å². The number of hydrogen-bond acceptors (Lipinski definition) is 4. The lowest BCUT2D eigenvalue weighted by Crippen LogP contribution is -2.02. The zero-order valence-electron chi connectivity index (χ0n) is 13.7. The molecule has 3 heterocycles. The van der Waals surface area contributed by atoms with E-state index in [0.29, 0.717) is 11.3 Å². The van der Waals surface area contributed by atoms with Crippen molar-refractivity contribution in [2.24, 2.45) is 0 Å². The summed E-state index contributed by atoms with van der Waals surface area (Å²) >= 11 is 1.41. The Bertz CT molecular complexity index is 1270. The van der Waals surface area contributed by atoms with Gasteiger partial charge in [0.1, 0.15) is 0 Å². The third-order valence-electron chi connectivity index (χ3n) is 4.47. The molecule has 0 fully saturated rings. The van der Waals surface area contributed by atoms with E-state index in [1.807, 2.05) is 59.0 Å². The summed E-state index contributed by atoms with van der Waals surface area (Å²) in [5, 5.41) is 11.3. The van der Waals surface area contributed by atoms with Crippen molar-refractivity contribution in [1.82, 2.24) is 19.6 Å². The van der Waals surface area contributed by atoms with Crippen molar-refractivity contribution in [2.45, 2.75) is 5.16 Å². The monoisotopic (exact) mass is 358 g/mol. The van der Waals surface area contributed by atoms with E-state index in [1.54, 1.807) is 6.20 Å². The molecule has 0 aliphatic carbocycles. The van der Waals surface area contributed by atoms with Gasteiger partial charge in [0.05, 0.1) is 11.3 Å². The number of thioether (sulfide) groups is 1. The van der Waals surface area contributed by atoms with Crippen LogP contribution in [-0.4, -0.2) is 31.1 Å². The van der Waals surface area contributed by atoms with E-state index >= 15 is 0 Å². The number of carbonyl (C=O) groups is 1. The average Bonchev–Trinajstić information content (AvgIpc) is 3.30. The van der Waals surface area contributed by atoms with Gasteiger partial charge in [-0.05, 0) is 29.7 Å². The fourth-order valence-electron chi connectivity index (χ4n) is 3.22. The normalized spacial score (nSPS) is 11.5. The van der Waals surface area contributed by atoms with Gasteiger partial charge < -0.3 is 4.98 Å². The predicted octanol–water partition coefficient (Wildman–Crippen LogP) is 4.34. The number of Topliss-reactive ketones (excluding diaryl/α,β-unsaturated/α-hetero) is 1. The maximum Gasteiger partial charge on any atom is 0.196 e. The Morgan fingerprint density at radius 2 is 1.85 bits per heavy atom. The minimum Gasteiger partial charge on any atom is -0.360 e. The topological polar surface area (TPSA) is 63.1 Å². The first-order chi connectivity index (χ1) is 12.8. The first-order valence-electron chi connectivity index (χ1n) is 8.26. The molecule has 5 rings (SSSR count). The molecule has 0 spiro atoms. The summed E-state index contributed by atoms with van der Waals surface area (Å²) < 4.78 is 2.00. The lowest BCUT2D eigenvalue weighted by molar-refractivity contribution is 0.102. The average molecular weight is 358 g/mol. The van der Waals surface area contributed by atoms with Gasteiger partial charge in [0.2, 0.25) is 0 Å². The fraction of sp³-hybridized carbons (Fsp3) is 0.0500. The molecule has 5 nitrogen and oxygen atoms in total. The van der Waals surface area contributed by atoms with Crippen LogP contribution in [0.3, 0.4) is 0 Å². The number of ketones is 1. The summed E-state index contributed by atoms with van der Waals surface area (Å²) in [4.78, 5) is 15.9. The molecule has 0 radical (unpaired) electrons. The summed E-state index contributed by atoms with van der Waals surface area (Å²) in [6.07, 6.45) is 1.78. The number of nitrogens with one attached hydrogen (secondary N) is 1. The number of pyridine rings is 1. The molecule has 0 saturated carbocycles. The van der Waals surface area contributed by atoms with Crippen LogP contribution in [0.4, 0.5) is 0 Å². The second-order valence-electron chi connectivity index (χ2n) is 6.03. The molecule has 0 amide bonds. The molecule has 5 aromatic rings. The highest BCUT2D eigenvalue weighted by Gasteiger charge is 2.15. The molecule has 0 aliphatic rings. The Morgan fingerprint density at radius 1 is 1.00 bits per heavy atom. The van der Waals surface area contributed by atoms with Gasteiger partial charge in [0, 0.05) is 22.7 Å². The number of H-pyrrole nitrogens is 1. The number of benzene rings is 2. The quantitative estimate of drug-likeness (QED) is 0.383. The minimum atomic E-state index is 0.0736. The van der Waals surface area contributed by atoms with Crippen molar-refractivity contribution in [1.29, 1.82) is 0 Å². The Labute approximate surface area is 153 Å².